The van der Waals surface area contributed by atoms with Crippen LogP contribution < -0.4 is 0 Å². The molecule has 0 N–H and O–H groups in total. The van der Waals surface area contributed by atoms with Crippen LogP contribution in [0.3, 0.4) is 0 Å². The second-order valence-electron chi connectivity index (χ2n) is 8.17. The van der Waals surface area contributed by atoms with Crippen LogP contribution in [-0.4, -0.2) is 17.9 Å². The van der Waals surface area contributed by atoms with E-state index in [0.29, 0.717) is 0 Å². The summed E-state index contributed by atoms with van der Waals surface area (Å²) >= 11 is 0. The maximum atomic E-state index is 13.4. The zero-order chi connectivity index (χ0) is 20.4. The van der Waals surface area contributed by atoms with Crippen LogP contribution in [0.15, 0.2) is 91.0 Å². The summed E-state index contributed by atoms with van der Waals surface area (Å²) in [6.07, 6.45) is -0.259. The van der Waals surface area contributed by atoms with Crippen molar-refractivity contribution in [2.24, 2.45) is 5.41 Å². The molecule has 3 heteroatoms. The first-order valence-electron chi connectivity index (χ1n) is 10.1. The molecule has 4 rings (SSSR count). The minimum absolute atomic E-state index is 0.0113. The second-order valence-corrected chi connectivity index (χ2v) is 8.17. The Balaban J connectivity index is 1.84. The van der Waals surface area contributed by atoms with E-state index in [4.69, 9.17) is 4.74 Å². The molecule has 1 aliphatic heterocycles. The second kappa shape index (κ2) is 7.84. The summed E-state index contributed by atoms with van der Waals surface area (Å²) in [5.41, 5.74) is 2.84. The van der Waals surface area contributed by atoms with Crippen molar-refractivity contribution in [3.8, 4) is 0 Å². The SMILES string of the molecule is CO[C@H](c1ccccc1)[C@H](c1ccccc1)N1C(=O)C(C)(C)[C@H]1c1ccccc1. The standard InChI is InChI=1S/C26H27NO2/c1-26(2)24(21-17-11-6-12-18-21)27(25(26)28)22(19-13-7-4-8-14-19)23(29-3)20-15-9-5-10-16-20/h4-18,22-24H,1-3H3/t22-,23+,24+/m0/s1. The molecule has 0 spiro atoms. The molecule has 3 atom stereocenters. The number of carbonyl (C=O) groups excluding carboxylic acids is 1. The molecule has 3 aromatic rings. The predicted molar refractivity (Wildman–Crippen MR) is 115 cm³/mol. The number of likely N-dealkylation sites (tertiary alicyclic amines) is 1. The van der Waals surface area contributed by atoms with Crippen molar-refractivity contribution in [1.82, 2.24) is 4.90 Å². The van der Waals surface area contributed by atoms with Gasteiger partial charge < -0.3 is 9.64 Å². The normalized spacial score (nSPS) is 20.0. The summed E-state index contributed by atoms with van der Waals surface area (Å²) < 4.78 is 6.02. The van der Waals surface area contributed by atoms with Crippen LogP contribution >= 0.6 is 0 Å². The Morgan fingerprint density at radius 3 is 1.79 bits per heavy atom. The van der Waals surface area contributed by atoms with Gasteiger partial charge in [0.2, 0.25) is 5.91 Å². The third kappa shape index (κ3) is 3.36. The largest absolute Gasteiger partial charge is 0.374 e. The third-order valence-electron chi connectivity index (χ3n) is 5.97. The van der Waals surface area contributed by atoms with E-state index < -0.39 is 5.41 Å². The van der Waals surface area contributed by atoms with Crippen LogP contribution in [-0.2, 0) is 9.53 Å². The number of hydrogen-bond donors (Lipinski definition) is 0. The number of β-lactam (4-membered cyclic amide) rings is 1. The van der Waals surface area contributed by atoms with Crippen molar-refractivity contribution in [1.29, 1.82) is 0 Å². The maximum Gasteiger partial charge on any atom is 0.231 e. The fraction of sp³-hybridized carbons (Fsp3) is 0.269. The lowest BCUT2D eigenvalue weighted by Crippen LogP contribution is -2.62. The van der Waals surface area contributed by atoms with Crippen molar-refractivity contribution >= 4 is 5.91 Å². The first-order valence-corrected chi connectivity index (χ1v) is 10.1. The topological polar surface area (TPSA) is 29.5 Å². The molecule has 29 heavy (non-hydrogen) atoms. The Kier molecular flexibility index (Phi) is 5.25. The molecule has 3 aromatic carbocycles. The van der Waals surface area contributed by atoms with Crippen molar-refractivity contribution < 1.29 is 9.53 Å². The third-order valence-corrected chi connectivity index (χ3v) is 5.97. The molecule has 0 unspecified atom stereocenters. The van der Waals surface area contributed by atoms with Gasteiger partial charge in [-0.25, -0.2) is 0 Å². The Labute approximate surface area is 172 Å². The van der Waals surface area contributed by atoms with Crippen molar-refractivity contribution in [3.05, 3.63) is 108 Å². The van der Waals surface area contributed by atoms with Gasteiger partial charge in [0, 0.05) is 7.11 Å². The highest BCUT2D eigenvalue weighted by atomic mass is 16.5. The van der Waals surface area contributed by atoms with Crippen LogP contribution in [0, 0.1) is 5.41 Å². The quantitative estimate of drug-likeness (QED) is 0.508. The summed E-state index contributed by atoms with van der Waals surface area (Å²) in [7, 11) is 1.72. The molecule has 1 fully saturated rings. The van der Waals surface area contributed by atoms with Gasteiger partial charge >= 0.3 is 0 Å². The number of benzene rings is 3. The number of rotatable bonds is 6. The monoisotopic (exact) mass is 385 g/mol. The van der Waals surface area contributed by atoms with E-state index >= 15 is 0 Å². The van der Waals surface area contributed by atoms with Crippen molar-refractivity contribution in [2.75, 3.05) is 7.11 Å². The average Bonchev–Trinajstić information content (AvgIpc) is 2.77. The number of methoxy groups -OCH3 is 1. The lowest BCUT2D eigenvalue weighted by atomic mass is 9.68. The van der Waals surface area contributed by atoms with E-state index in [-0.39, 0.29) is 24.1 Å². The molecule has 0 bridgehead atoms. The van der Waals surface area contributed by atoms with E-state index in [1.807, 2.05) is 73.3 Å². The summed E-state index contributed by atoms with van der Waals surface area (Å²) in [5, 5.41) is 0. The van der Waals surface area contributed by atoms with Gasteiger partial charge in [0.1, 0.15) is 6.10 Å². The highest BCUT2D eigenvalue weighted by Gasteiger charge is 2.58. The molecule has 0 aliphatic carbocycles. The highest BCUT2D eigenvalue weighted by Crippen LogP contribution is 2.56. The van der Waals surface area contributed by atoms with Crippen LogP contribution in [0.25, 0.3) is 0 Å². The van der Waals surface area contributed by atoms with Gasteiger partial charge in [-0.1, -0.05) is 91.0 Å². The molecule has 1 saturated heterocycles. The number of carbonyl (C=O) groups is 1. The number of hydrogen-bond acceptors (Lipinski definition) is 2. The van der Waals surface area contributed by atoms with E-state index in [1.54, 1.807) is 7.11 Å². The first kappa shape index (κ1) is 19.4. The molecule has 0 radical (unpaired) electrons. The molecule has 1 amide bonds. The molecular weight excluding hydrogens is 358 g/mol. The maximum absolute atomic E-state index is 13.4. The number of amides is 1. The molecule has 0 saturated carbocycles. The van der Waals surface area contributed by atoms with Crippen LogP contribution in [0.1, 0.15) is 48.7 Å². The molecule has 1 aliphatic rings. The fourth-order valence-electron chi connectivity index (χ4n) is 4.57. The van der Waals surface area contributed by atoms with Gasteiger partial charge in [0.25, 0.3) is 0 Å². The molecule has 1 heterocycles. The lowest BCUT2D eigenvalue weighted by molar-refractivity contribution is -0.182. The van der Waals surface area contributed by atoms with Gasteiger partial charge in [0.05, 0.1) is 17.5 Å². The predicted octanol–water partition coefficient (Wildman–Crippen LogP) is 5.73. The van der Waals surface area contributed by atoms with E-state index in [1.165, 1.54) is 0 Å². The number of ether oxygens (including phenoxy) is 1. The van der Waals surface area contributed by atoms with Crippen LogP contribution in [0.4, 0.5) is 0 Å². The summed E-state index contributed by atoms with van der Waals surface area (Å²) in [5.74, 6) is 0.151. The molecule has 0 aromatic heterocycles. The minimum Gasteiger partial charge on any atom is -0.374 e. The Morgan fingerprint density at radius 2 is 1.28 bits per heavy atom. The lowest BCUT2D eigenvalue weighted by Gasteiger charge is -2.57. The van der Waals surface area contributed by atoms with Gasteiger partial charge in [-0.2, -0.15) is 0 Å². The van der Waals surface area contributed by atoms with E-state index in [9.17, 15) is 4.79 Å². The van der Waals surface area contributed by atoms with Gasteiger partial charge in [-0.05, 0) is 30.5 Å². The minimum atomic E-state index is -0.455. The Morgan fingerprint density at radius 1 is 0.793 bits per heavy atom. The van der Waals surface area contributed by atoms with E-state index in [2.05, 4.69) is 36.4 Å². The Bertz CT molecular complexity index is 954. The number of nitrogens with zero attached hydrogens (tertiary/aromatic N) is 1. The van der Waals surface area contributed by atoms with Gasteiger partial charge in [0.15, 0.2) is 0 Å². The molecule has 3 nitrogen and oxygen atoms in total. The van der Waals surface area contributed by atoms with Gasteiger partial charge in [-0.15, -0.1) is 0 Å². The average molecular weight is 386 g/mol. The van der Waals surface area contributed by atoms with E-state index in [0.717, 1.165) is 16.7 Å². The van der Waals surface area contributed by atoms with Crippen LogP contribution in [0.5, 0.6) is 0 Å². The molecule has 148 valence electrons. The van der Waals surface area contributed by atoms with Gasteiger partial charge in [-0.3, -0.25) is 4.79 Å². The fourth-order valence-corrected chi connectivity index (χ4v) is 4.57. The first-order chi connectivity index (χ1) is 14.1. The summed E-state index contributed by atoms with van der Waals surface area (Å²) in [4.78, 5) is 15.4. The zero-order valence-electron chi connectivity index (χ0n) is 17.2. The summed E-state index contributed by atoms with van der Waals surface area (Å²) in [6, 6.07) is 30.4. The van der Waals surface area contributed by atoms with Crippen LogP contribution in [0.2, 0.25) is 0 Å². The van der Waals surface area contributed by atoms with Crippen molar-refractivity contribution in [3.63, 3.8) is 0 Å². The smallest absolute Gasteiger partial charge is 0.231 e. The molecular formula is C26H27NO2. The summed E-state index contributed by atoms with van der Waals surface area (Å²) in [6.45, 7) is 4.08. The zero-order valence-corrected chi connectivity index (χ0v) is 17.2. The van der Waals surface area contributed by atoms with Crippen molar-refractivity contribution in [2.45, 2.75) is 32.0 Å². The highest BCUT2D eigenvalue weighted by molar-refractivity contribution is 5.90. The Hall–Kier alpha value is -2.91.